The Morgan fingerprint density at radius 3 is 2.39 bits per heavy atom. The van der Waals surface area contributed by atoms with Crippen LogP contribution in [0.3, 0.4) is 0 Å². The van der Waals surface area contributed by atoms with E-state index < -0.39 is 40.9 Å². The SMILES string of the molecule is O=C(O)c1nc(Cl)c(C(F)F)cc1OC(F)(F)F. The molecule has 0 saturated carbocycles. The number of aromatic nitrogens is 1. The van der Waals surface area contributed by atoms with Crippen LogP contribution in [0.15, 0.2) is 6.07 Å². The zero-order chi connectivity index (χ0) is 14.1. The molecule has 10 heteroatoms. The van der Waals surface area contributed by atoms with Crippen molar-refractivity contribution in [1.82, 2.24) is 4.98 Å². The minimum absolute atomic E-state index is 0.191. The van der Waals surface area contributed by atoms with Crippen molar-refractivity contribution in [2.75, 3.05) is 0 Å². The van der Waals surface area contributed by atoms with Gasteiger partial charge in [0, 0.05) is 0 Å². The molecule has 4 nitrogen and oxygen atoms in total. The Morgan fingerprint density at radius 1 is 1.44 bits per heavy atom. The summed E-state index contributed by atoms with van der Waals surface area (Å²) in [5, 5.41) is 7.65. The second-order valence-corrected chi connectivity index (χ2v) is 3.23. The van der Waals surface area contributed by atoms with Crippen molar-refractivity contribution in [3.8, 4) is 5.75 Å². The first-order valence-corrected chi connectivity index (χ1v) is 4.47. The Labute approximate surface area is 101 Å². The molecule has 0 atom stereocenters. The Balaban J connectivity index is 3.35. The monoisotopic (exact) mass is 291 g/mol. The number of nitrogens with zero attached hydrogens (tertiary/aromatic N) is 1. The van der Waals surface area contributed by atoms with Gasteiger partial charge in [0.05, 0.1) is 5.56 Å². The van der Waals surface area contributed by atoms with Crippen molar-refractivity contribution < 1.29 is 36.6 Å². The maximum atomic E-state index is 12.4. The lowest BCUT2D eigenvalue weighted by Gasteiger charge is -2.12. The van der Waals surface area contributed by atoms with Gasteiger partial charge in [-0.15, -0.1) is 13.2 Å². The van der Waals surface area contributed by atoms with E-state index in [0.29, 0.717) is 0 Å². The minimum Gasteiger partial charge on any atom is -0.476 e. The van der Waals surface area contributed by atoms with Crippen LogP contribution >= 0.6 is 11.6 Å². The second-order valence-electron chi connectivity index (χ2n) is 2.87. The van der Waals surface area contributed by atoms with Gasteiger partial charge in [0.1, 0.15) is 5.15 Å². The van der Waals surface area contributed by atoms with Gasteiger partial charge in [-0.05, 0) is 6.07 Å². The molecule has 1 aromatic heterocycles. The van der Waals surface area contributed by atoms with Gasteiger partial charge in [0.25, 0.3) is 6.43 Å². The van der Waals surface area contributed by atoms with Crippen LogP contribution in [0.5, 0.6) is 5.75 Å². The quantitative estimate of drug-likeness (QED) is 0.686. The van der Waals surface area contributed by atoms with E-state index in [0.717, 1.165) is 0 Å². The fraction of sp³-hybridized carbons (Fsp3) is 0.250. The molecule has 0 radical (unpaired) electrons. The lowest BCUT2D eigenvalue weighted by Crippen LogP contribution is -2.20. The number of carboxylic acid groups (broad SMARTS) is 1. The zero-order valence-electron chi connectivity index (χ0n) is 8.13. The normalized spacial score (nSPS) is 11.7. The molecule has 0 saturated heterocycles. The highest BCUT2D eigenvalue weighted by Gasteiger charge is 2.34. The molecular weight excluding hydrogens is 289 g/mol. The van der Waals surface area contributed by atoms with E-state index in [1.807, 2.05) is 0 Å². The van der Waals surface area contributed by atoms with Gasteiger partial charge in [-0.3, -0.25) is 0 Å². The molecular formula is C8H3ClF5NO3. The van der Waals surface area contributed by atoms with Gasteiger partial charge in [0.15, 0.2) is 11.4 Å². The Hall–Kier alpha value is -1.64. The third-order valence-electron chi connectivity index (χ3n) is 1.63. The van der Waals surface area contributed by atoms with E-state index in [-0.39, 0.29) is 6.07 Å². The number of rotatable bonds is 3. The van der Waals surface area contributed by atoms with Crippen molar-refractivity contribution in [1.29, 1.82) is 0 Å². The van der Waals surface area contributed by atoms with Crippen LogP contribution in [-0.4, -0.2) is 22.4 Å². The number of pyridine rings is 1. The number of ether oxygens (including phenoxy) is 1. The number of aromatic carboxylic acids is 1. The van der Waals surface area contributed by atoms with Gasteiger partial charge in [-0.25, -0.2) is 18.6 Å². The predicted octanol–water partition coefficient (Wildman–Crippen LogP) is 3.27. The predicted molar refractivity (Wildman–Crippen MR) is 47.8 cm³/mol. The van der Waals surface area contributed by atoms with Crippen LogP contribution < -0.4 is 4.74 Å². The van der Waals surface area contributed by atoms with E-state index in [4.69, 9.17) is 16.7 Å². The van der Waals surface area contributed by atoms with Gasteiger partial charge >= 0.3 is 12.3 Å². The van der Waals surface area contributed by atoms with E-state index in [2.05, 4.69) is 9.72 Å². The summed E-state index contributed by atoms with van der Waals surface area (Å²) in [4.78, 5) is 13.5. The summed E-state index contributed by atoms with van der Waals surface area (Å²) in [7, 11) is 0. The summed E-state index contributed by atoms with van der Waals surface area (Å²) in [6.45, 7) is 0. The smallest absolute Gasteiger partial charge is 0.476 e. The van der Waals surface area contributed by atoms with E-state index >= 15 is 0 Å². The lowest BCUT2D eigenvalue weighted by atomic mass is 10.2. The summed E-state index contributed by atoms with van der Waals surface area (Å²) in [5.74, 6) is -3.24. The molecule has 0 unspecified atom stereocenters. The highest BCUT2D eigenvalue weighted by Crippen LogP contribution is 2.33. The molecule has 0 aliphatic carbocycles. The molecule has 1 N–H and O–H groups in total. The van der Waals surface area contributed by atoms with Crippen LogP contribution in [0.4, 0.5) is 22.0 Å². The van der Waals surface area contributed by atoms with Gasteiger partial charge in [0.2, 0.25) is 0 Å². The van der Waals surface area contributed by atoms with Gasteiger partial charge in [-0.2, -0.15) is 0 Å². The van der Waals surface area contributed by atoms with Crippen molar-refractivity contribution in [2.45, 2.75) is 12.8 Å². The summed E-state index contributed by atoms with van der Waals surface area (Å²) < 4.78 is 63.9. The standard InChI is InChI=1S/C8H3ClF5NO3/c9-5-2(6(10)11)1-3(18-8(12,13)14)4(15-5)7(16)17/h1,6H,(H,16,17). The molecule has 18 heavy (non-hydrogen) atoms. The Morgan fingerprint density at radius 2 is 2.00 bits per heavy atom. The average Bonchev–Trinajstić information content (AvgIpc) is 2.17. The first kappa shape index (κ1) is 14.4. The van der Waals surface area contributed by atoms with Crippen molar-refractivity contribution in [3.05, 3.63) is 22.5 Å². The minimum atomic E-state index is -5.24. The molecule has 1 rings (SSSR count). The molecule has 0 bridgehead atoms. The summed E-state index contributed by atoms with van der Waals surface area (Å²) in [6, 6.07) is 0.191. The third kappa shape index (κ3) is 3.42. The molecule has 0 aliphatic heterocycles. The molecule has 0 aromatic carbocycles. The maximum Gasteiger partial charge on any atom is 0.573 e. The summed E-state index contributed by atoms with van der Waals surface area (Å²) in [5.41, 5.74) is -2.26. The van der Waals surface area contributed by atoms with Gasteiger partial charge < -0.3 is 9.84 Å². The van der Waals surface area contributed by atoms with E-state index in [1.54, 1.807) is 0 Å². The number of alkyl halides is 5. The molecule has 0 fully saturated rings. The number of carbonyl (C=O) groups is 1. The lowest BCUT2D eigenvalue weighted by molar-refractivity contribution is -0.274. The van der Waals surface area contributed by atoms with Crippen LogP contribution in [0.2, 0.25) is 5.15 Å². The highest BCUT2D eigenvalue weighted by atomic mass is 35.5. The van der Waals surface area contributed by atoms with Crippen molar-refractivity contribution in [3.63, 3.8) is 0 Å². The topological polar surface area (TPSA) is 59.4 Å². The summed E-state index contributed by atoms with van der Waals surface area (Å²) in [6.07, 6.45) is -8.46. The average molecular weight is 292 g/mol. The molecule has 1 heterocycles. The first-order chi connectivity index (χ1) is 8.11. The fourth-order valence-electron chi connectivity index (χ4n) is 0.996. The van der Waals surface area contributed by atoms with E-state index in [1.165, 1.54) is 0 Å². The van der Waals surface area contributed by atoms with Gasteiger partial charge in [-0.1, -0.05) is 11.6 Å². The molecule has 100 valence electrons. The Kier molecular flexibility index (Phi) is 3.95. The number of carboxylic acids is 1. The van der Waals surface area contributed by atoms with Crippen LogP contribution in [0.25, 0.3) is 0 Å². The van der Waals surface area contributed by atoms with Crippen LogP contribution in [0, 0.1) is 0 Å². The van der Waals surface area contributed by atoms with Crippen molar-refractivity contribution >= 4 is 17.6 Å². The third-order valence-corrected chi connectivity index (χ3v) is 1.93. The maximum absolute atomic E-state index is 12.4. The number of hydrogen-bond donors (Lipinski definition) is 1. The number of halogens is 6. The largest absolute Gasteiger partial charge is 0.573 e. The molecule has 0 spiro atoms. The Bertz CT molecular complexity index is 477. The number of hydrogen-bond acceptors (Lipinski definition) is 3. The molecule has 0 amide bonds. The van der Waals surface area contributed by atoms with Crippen LogP contribution in [-0.2, 0) is 0 Å². The van der Waals surface area contributed by atoms with Crippen LogP contribution in [0.1, 0.15) is 22.5 Å². The zero-order valence-corrected chi connectivity index (χ0v) is 8.89. The second kappa shape index (κ2) is 4.92. The van der Waals surface area contributed by atoms with Crippen molar-refractivity contribution in [2.24, 2.45) is 0 Å². The highest BCUT2D eigenvalue weighted by molar-refractivity contribution is 6.30. The van der Waals surface area contributed by atoms with E-state index in [9.17, 15) is 26.7 Å². The molecule has 0 aliphatic rings. The summed E-state index contributed by atoms with van der Waals surface area (Å²) >= 11 is 5.22. The fourth-order valence-corrected chi connectivity index (χ4v) is 1.22. The first-order valence-electron chi connectivity index (χ1n) is 4.09. The molecule has 1 aromatic rings.